The Labute approximate surface area is 166 Å². The van der Waals surface area contributed by atoms with Crippen LogP contribution in [0, 0.1) is 5.82 Å². The summed E-state index contributed by atoms with van der Waals surface area (Å²) in [6.45, 7) is 1.90. The van der Waals surface area contributed by atoms with Gasteiger partial charge in [0.2, 0.25) is 5.91 Å². The van der Waals surface area contributed by atoms with Crippen LogP contribution >= 0.6 is 0 Å². The molecule has 1 amide bonds. The largest absolute Gasteiger partial charge is 0.383 e. The third-order valence-corrected chi connectivity index (χ3v) is 4.85. The molecule has 3 N–H and O–H groups in total. The number of nitrogens with zero attached hydrogens (tertiary/aromatic N) is 2. The summed E-state index contributed by atoms with van der Waals surface area (Å²) in [5, 5.41) is 2.46. The van der Waals surface area contributed by atoms with Gasteiger partial charge in [-0.25, -0.2) is 4.39 Å². The molecule has 7 heteroatoms. The monoisotopic (exact) mass is 390 g/mol. The highest BCUT2D eigenvalue weighted by Gasteiger charge is 2.15. The quantitative estimate of drug-likeness (QED) is 0.718. The summed E-state index contributed by atoms with van der Waals surface area (Å²) >= 11 is 0. The molecule has 0 radical (unpaired) electrons. The van der Waals surface area contributed by atoms with Crippen LogP contribution in [-0.2, 0) is 17.9 Å². The van der Waals surface area contributed by atoms with E-state index in [4.69, 9.17) is 5.73 Å². The SMILES string of the molecule is CC(=O)Nc1cccc(Cn2cc(-c3ccc4c(c3)CN=C4N)ccc2=O)c1F. The van der Waals surface area contributed by atoms with Crippen molar-refractivity contribution < 1.29 is 9.18 Å². The molecule has 146 valence electrons. The number of fused-ring (bicyclic) bond motifs is 1. The van der Waals surface area contributed by atoms with Crippen molar-refractivity contribution in [1.82, 2.24) is 4.57 Å². The van der Waals surface area contributed by atoms with Crippen LogP contribution < -0.4 is 16.6 Å². The first-order valence-electron chi connectivity index (χ1n) is 9.11. The van der Waals surface area contributed by atoms with Gasteiger partial charge in [0.1, 0.15) is 5.84 Å². The van der Waals surface area contributed by atoms with Crippen molar-refractivity contribution in [2.45, 2.75) is 20.0 Å². The van der Waals surface area contributed by atoms with Crippen LogP contribution in [0.2, 0.25) is 0 Å². The molecule has 0 saturated carbocycles. The number of anilines is 1. The third-order valence-electron chi connectivity index (χ3n) is 4.85. The van der Waals surface area contributed by atoms with Gasteiger partial charge in [-0.15, -0.1) is 0 Å². The van der Waals surface area contributed by atoms with Crippen LogP contribution in [0.4, 0.5) is 10.1 Å². The zero-order valence-electron chi connectivity index (χ0n) is 15.8. The second-order valence-corrected chi connectivity index (χ2v) is 6.92. The van der Waals surface area contributed by atoms with E-state index < -0.39 is 5.82 Å². The number of nitrogens with one attached hydrogen (secondary N) is 1. The molecular formula is C22H19FN4O2. The van der Waals surface area contributed by atoms with Crippen LogP contribution in [0.15, 0.2) is 64.5 Å². The maximum absolute atomic E-state index is 14.7. The van der Waals surface area contributed by atoms with Gasteiger partial charge in [-0.1, -0.05) is 24.3 Å². The summed E-state index contributed by atoms with van der Waals surface area (Å²) in [7, 11) is 0. The number of rotatable bonds is 4. The highest BCUT2D eigenvalue weighted by molar-refractivity contribution is 6.01. The fourth-order valence-electron chi connectivity index (χ4n) is 3.41. The lowest BCUT2D eigenvalue weighted by Gasteiger charge is -2.12. The second-order valence-electron chi connectivity index (χ2n) is 6.92. The van der Waals surface area contributed by atoms with Gasteiger partial charge in [0.25, 0.3) is 5.56 Å². The molecular weight excluding hydrogens is 371 g/mol. The molecule has 1 aromatic heterocycles. The van der Waals surface area contributed by atoms with E-state index >= 15 is 0 Å². The first-order valence-corrected chi connectivity index (χ1v) is 9.11. The Morgan fingerprint density at radius 1 is 1.21 bits per heavy atom. The molecule has 6 nitrogen and oxygen atoms in total. The normalized spacial score (nSPS) is 12.4. The number of aromatic nitrogens is 1. The predicted octanol–water partition coefficient (Wildman–Crippen LogP) is 2.88. The number of aliphatic imine (C=N–C) groups is 1. The highest BCUT2D eigenvalue weighted by atomic mass is 19.1. The Bertz CT molecular complexity index is 1210. The van der Waals surface area contributed by atoms with E-state index in [-0.39, 0.29) is 23.7 Å². The van der Waals surface area contributed by atoms with E-state index in [9.17, 15) is 14.0 Å². The molecule has 29 heavy (non-hydrogen) atoms. The first kappa shape index (κ1) is 18.6. The summed E-state index contributed by atoms with van der Waals surface area (Å²) in [4.78, 5) is 27.8. The Kier molecular flexibility index (Phi) is 4.72. The Balaban J connectivity index is 1.67. The van der Waals surface area contributed by atoms with Crippen LogP contribution in [0.1, 0.15) is 23.6 Å². The molecule has 2 heterocycles. The lowest BCUT2D eigenvalue weighted by molar-refractivity contribution is -0.114. The van der Waals surface area contributed by atoms with Gasteiger partial charge in [0.05, 0.1) is 18.8 Å². The average molecular weight is 390 g/mol. The smallest absolute Gasteiger partial charge is 0.250 e. The summed E-state index contributed by atoms with van der Waals surface area (Å²) < 4.78 is 16.2. The number of carbonyl (C=O) groups excluding carboxylic acids is 1. The number of benzene rings is 2. The molecule has 1 aliphatic rings. The van der Waals surface area contributed by atoms with E-state index in [1.54, 1.807) is 24.4 Å². The number of halogens is 1. The molecule has 0 aliphatic carbocycles. The van der Waals surface area contributed by atoms with Gasteiger partial charge >= 0.3 is 0 Å². The summed E-state index contributed by atoms with van der Waals surface area (Å²) in [6.07, 6.45) is 1.70. The molecule has 2 aromatic carbocycles. The van der Waals surface area contributed by atoms with Gasteiger partial charge in [0.15, 0.2) is 5.82 Å². The van der Waals surface area contributed by atoms with Crippen molar-refractivity contribution in [3.8, 4) is 11.1 Å². The standard InChI is InChI=1S/C22H19FN4O2/c1-13(28)26-19-4-2-3-16(21(19)23)12-27-11-15(6-8-20(27)29)14-5-7-18-17(9-14)10-25-22(18)24/h2-9,11H,10,12H2,1H3,(H2,24,25)(H,26,28). The first-order chi connectivity index (χ1) is 13.9. The molecule has 0 atom stereocenters. The predicted molar refractivity (Wildman–Crippen MR) is 110 cm³/mol. The topological polar surface area (TPSA) is 89.5 Å². The van der Waals surface area contributed by atoms with Gasteiger partial charge in [-0.3, -0.25) is 14.6 Å². The van der Waals surface area contributed by atoms with Crippen LogP contribution in [-0.4, -0.2) is 16.3 Å². The number of amidine groups is 1. The van der Waals surface area contributed by atoms with Crippen molar-refractivity contribution in [3.05, 3.63) is 87.6 Å². The maximum atomic E-state index is 14.7. The number of amides is 1. The molecule has 4 rings (SSSR count). The van der Waals surface area contributed by atoms with Crippen molar-refractivity contribution in [2.24, 2.45) is 10.7 Å². The molecule has 0 spiro atoms. The Morgan fingerprint density at radius 3 is 2.79 bits per heavy atom. The Morgan fingerprint density at radius 2 is 2.00 bits per heavy atom. The number of hydrogen-bond acceptors (Lipinski definition) is 4. The zero-order valence-corrected chi connectivity index (χ0v) is 15.8. The minimum Gasteiger partial charge on any atom is -0.383 e. The van der Waals surface area contributed by atoms with E-state index in [0.29, 0.717) is 17.9 Å². The number of hydrogen-bond donors (Lipinski definition) is 2. The second kappa shape index (κ2) is 7.35. The minimum atomic E-state index is -0.551. The van der Waals surface area contributed by atoms with Gasteiger partial charge in [-0.05, 0) is 34.9 Å². The van der Waals surface area contributed by atoms with E-state index in [1.165, 1.54) is 23.6 Å². The summed E-state index contributed by atoms with van der Waals surface area (Å²) in [5.74, 6) is -0.377. The molecule has 0 saturated heterocycles. The molecule has 0 bridgehead atoms. The van der Waals surface area contributed by atoms with E-state index in [2.05, 4.69) is 10.3 Å². The lowest BCUT2D eigenvalue weighted by atomic mass is 10.0. The van der Waals surface area contributed by atoms with Crippen LogP contribution in [0.25, 0.3) is 11.1 Å². The van der Waals surface area contributed by atoms with Gasteiger partial charge in [0, 0.05) is 30.3 Å². The van der Waals surface area contributed by atoms with Crippen molar-refractivity contribution in [1.29, 1.82) is 0 Å². The summed E-state index contributed by atoms with van der Waals surface area (Å²) in [5.41, 5.74) is 9.74. The molecule has 1 aliphatic heterocycles. The number of pyridine rings is 1. The highest BCUT2D eigenvalue weighted by Crippen LogP contribution is 2.25. The third kappa shape index (κ3) is 3.67. The average Bonchev–Trinajstić information content (AvgIpc) is 3.06. The van der Waals surface area contributed by atoms with Gasteiger partial charge < -0.3 is 15.6 Å². The minimum absolute atomic E-state index is 0.0485. The number of carbonyl (C=O) groups is 1. The maximum Gasteiger partial charge on any atom is 0.250 e. The van der Waals surface area contributed by atoms with Gasteiger partial charge in [-0.2, -0.15) is 0 Å². The zero-order chi connectivity index (χ0) is 20.5. The molecule has 3 aromatic rings. The number of nitrogens with two attached hydrogens (primary N) is 1. The molecule has 0 fully saturated rings. The fraction of sp³-hybridized carbons (Fsp3) is 0.136. The fourth-order valence-corrected chi connectivity index (χ4v) is 3.41. The lowest BCUT2D eigenvalue weighted by Crippen LogP contribution is -2.20. The van der Waals surface area contributed by atoms with E-state index in [0.717, 1.165) is 22.3 Å². The van der Waals surface area contributed by atoms with Crippen LogP contribution in [0.3, 0.4) is 0 Å². The van der Waals surface area contributed by atoms with Crippen LogP contribution in [0.5, 0.6) is 0 Å². The van der Waals surface area contributed by atoms with Crippen molar-refractivity contribution in [3.63, 3.8) is 0 Å². The van der Waals surface area contributed by atoms with Crippen molar-refractivity contribution >= 4 is 17.4 Å². The Hall–Kier alpha value is -3.74. The summed E-state index contributed by atoms with van der Waals surface area (Å²) in [6, 6.07) is 13.8. The van der Waals surface area contributed by atoms with Crippen molar-refractivity contribution in [2.75, 3.05) is 5.32 Å². The molecule has 0 unspecified atom stereocenters. The van der Waals surface area contributed by atoms with E-state index in [1.807, 2.05) is 18.2 Å².